The van der Waals surface area contributed by atoms with Crippen molar-refractivity contribution >= 4 is 37.6 Å². The second-order valence-electron chi connectivity index (χ2n) is 4.08. The molecule has 0 atom stereocenters. The molecule has 19 heavy (non-hydrogen) atoms. The summed E-state index contributed by atoms with van der Waals surface area (Å²) in [5.41, 5.74) is 0.888. The van der Waals surface area contributed by atoms with Crippen molar-refractivity contribution in [2.45, 2.75) is 11.4 Å². The van der Waals surface area contributed by atoms with Gasteiger partial charge in [-0.15, -0.1) is 0 Å². The van der Waals surface area contributed by atoms with E-state index >= 15 is 0 Å². The zero-order valence-electron chi connectivity index (χ0n) is 10.1. The topological polar surface area (TPSA) is 51.1 Å². The Balaban J connectivity index is 2.18. The summed E-state index contributed by atoms with van der Waals surface area (Å²) >= 11 is 9.19. The van der Waals surface area contributed by atoms with Crippen LogP contribution in [0.3, 0.4) is 0 Å². The molecule has 1 aromatic heterocycles. The van der Waals surface area contributed by atoms with Gasteiger partial charge in [-0.1, -0.05) is 27.5 Å². The fraction of sp³-hybridized carbons (Fsp3) is 0.167. The first kappa shape index (κ1) is 14.6. The minimum Gasteiger partial charge on any atom is -0.357 e. The molecule has 4 nitrogen and oxygen atoms in total. The van der Waals surface area contributed by atoms with E-state index in [1.807, 2.05) is 30.1 Å². The van der Waals surface area contributed by atoms with Crippen molar-refractivity contribution in [2.24, 2.45) is 7.05 Å². The van der Waals surface area contributed by atoms with E-state index < -0.39 is 10.0 Å². The van der Waals surface area contributed by atoms with E-state index in [4.69, 9.17) is 11.6 Å². The van der Waals surface area contributed by atoms with Gasteiger partial charge in [-0.2, -0.15) is 0 Å². The maximum absolute atomic E-state index is 12.1. The molecule has 102 valence electrons. The predicted molar refractivity (Wildman–Crippen MR) is 78.6 cm³/mol. The standard InChI is InChI=1S/C12H12BrClN2O2S/c1-16-5-4-9(8-16)7-15-19(17,18)12-3-2-10(13)6-11(12)14/h2-6,8,15H,7H2,1H3. The average molecular weight is 364 g/mol. The summed E-state index contributed by atoms with van der Waals surface area (Å²) in [4.78, 5) is 0.0771. The number of benzene rings is 1. The van der Waals surface area contributed by atoms with Crippen LogP contribution in [0.4, 0.5) is 0 Å². The largest absolute Gasteiger partial charge is 0.357 e. The molecular weight excluding hydrogens is 352 g/mol. The molecule has 0 amide bonds. The maximum atomic E-state index is 12.1. The molecule has 7 heteroatoms. The SMILES string of the molecule is Cn1ccc(CNS(=O)(=O)c2ccc(Br)cc2Cl)c1. The van der Waals surface area contributed by atoms with Crippen molar-refractivity contribution in [3.8, 4) is 0 Å². The van der Waals surface area contributed by atoms with Gasteiger partial charge in [-0.05, 0) is 29.8 Å². The van der Waals surface area contributed by atoms with E-state index in [2.05, 4.69) is 20.7 Å². The van der Waals surface area contributed by atoms with Crippen LogP contribution >= 0.6 is 27.5 Å². The Morgan fingerprint density at radius 1 is 1.37 bits per heavy atom. The summed E-state index contributed by atoms with van der Waals surface area (Å²) in [5, 5.41) is 0.190. The molecule has 0 saturated carbocycles. The summed E-state index contributed by atoms with van der Waals surface area (Å²) < 4.78 is 29.4. The summed E-state index contributed by atoms with van der Waals surface area (Å²) in [5.74, 6) is 0. The first-order valence-electron chi connectivity index (χ1n) is 5.44. The Morgan fingerprint density at radius 3 is 2.68 bits per heavy atom. The number of rotatable bonds is 4. The highest BCUT2D eigenvalue weighted by Crippen LogP contribution is 2.25. The molecule has 0 aliphatic heterocycles. The Bertz CT molecular complexity index is 698. The van der Waals surface area contributed by atoms with Gasteiger partial charge in [0.25, 0.3) is 0 Å². The van der Waals surface area contributed by atoms with Crippen LogP contribution in [0, 0.1) is 0 Å². The van der Waals surface area contributed by atoms with Crippen LogP contribution in [0.15, 0.2) is 46.0 Å². The van der Waals surface area contributed by atoms with Crippen LogP contribution in [0.1, 0.15) is 5.56 Å². The lowest BCUT2D eigenvalue weighted by Gasteiger charge is -2.07. The first-order valence-corrected chi connectivity index (χ1v) is 8.09. The van der Waals surface area contributed by atoms with Gasteiger partial charge in [0.05, 0.1) is 5.02 Å². The van der Waals surface area contributed by atoms with Gasteiger partial charge in [0.2, 0.25) is 10.0 Å². The lowest BCUT2D eigenvalue weighted by Crippen LogP contribution is -2.23. The van der Waals surface area contributed by atoms with E-state index in [9.17, 15) is 8.42 Å². The number of hydrogen-bond donors (Lipinski definition) is 1. The third-order valence-electron chi connectivity index (χ3n) is 2.54. The van der Waals surface area contributed by atoms with Gasteiger partial charge >= 0.3 is 0 Å². The molecule has 2 rings (SSSR count). The van der Waals surface area contributed by atoms with E-state index in [0.29, 0.717) is 0 Å². The van der Waals surface area contributed by atoms with Crippen molar-refractivity contribution in [2.75, 3.05) is 0 Å². The molecule has 0 spiro atoms. The minimum atomic E-state index is -3.61. The highest BCUT2D eigenvalue weighted by molar-refractivity contribution is 9.10. The number of aromatic nitrogens is 1. The fourth-order valence-electron chi connectivity index (χ4n) is 1.61. The summed E-state index contributed by atoms with van der Waals surface area (Å²) in [6, 6.07) is 6.52. The molecule has 0 aliphatic rings. The fourth-order valence-corrected chi connectivity index (χ4v) is 3.67. The Morgan fingerprint density at radius 2 is 2.11 bits per heavy atom. The number of nitrogens with one attached hydrogen (secondary N) is 1. The zero-order chi connectivity index (χ0) is 14.0. The monoisotopic (exact) mass is 362 g/mol. The molecule has 1 N–H and O–H groups in total. The van der Waals surface area contributed by atoms with Gasteiger partial charge in [0.1, 0.15) is 4.90 Å². The quantitative estimate of drug-likeness (QED) is 0.908. The van der Waals surface area contributed by atoms with Crippen molar-refractivity contribution in [1.29, 1.82) is 0 Å². The van der Waals surface area contributed by atoms with Gasteiger partial charge in [-0.3, -0.25) is 0 Å². The lowest BCUT2D eigenvalue weighted by atomic mass is 10.3. The van der Waals surface area contributed by atoms with E-state index in [0.717, 1.165) is 10.0 Å². The average Bonchev–Trinajstić information content (AvgIpc) is 2.72. The minimum absolute atomic E-state index is 0.0771. The van der Waals surface area contributed by atoms with Crippen molar-refractivity contribution in [1.82, 2.24) is 9.29 Å². The number of nitrogens with zero attached hydrogens (tertiary/aromatic N) is 1. The zero-order valence-corrected chi connectivity index (χ0v) is 13.3. The van der Waals surface area contributed by atoms with Crippen LogP contribution in [0.25, 0.3) is 0 Å². The molecule has 0 bridgehead atoms. The predicted octanol–water partition coefficient (Wildman–Crippen LogP) is 2.92. The normalized spacial score (nSPS) is 11.7. The molecule has 0 aliphatic carbocycles. The second-order valence-corrected chi connectivity index (χ2v) is 7.14. The first-order chi connectivity index (χ1) is 8.88. The van der Waals surface area contributed by atoms with Gasteiger partial charge in [-0.25, -0.2) is 13.1 Å². The van der Waals surface area contributed by atoms with Crippen LogP contribution in [0.5, 0.6) is 0 Å². The van der Waals surface area contributed by atoms with Crippen LogP contribution in [-0.2, 0) is 23.6 Å². The summed E-state index contributed by atoms with van der Waals surface area (Å²) in [6.07, 6.45) is 3.71. The Kier molecular flexibility index (Phi) is 4.35. The molecule has 0 saturated heterocycles. The maximum Gasteiger partial charge on any atom is 0.242 e. The molecule has 1 aromatic carbocycles. The Labute approximate surface area is 125 Å². The van der Waals surface area contributed by atoms with Gasteiger partial charge < -0.3 is 4.57 Å². The van der Waals surface area contributed by atoms with Crippen LogP contribution in [0.2, 0.25) is 5.02 Å². The van der Waals surface area contributed by atoms with Crippen molar-refractivity contribution in [3.05, 3.63) is 51.7 Å². The molecule has 0 fully saturated rings. The number of aryl methyl sites for hydroxylation is 1. The number of halogens is 2. The van der Waals surface area contributed by atoms with Gasteiger partial charge in [0, 0.05) is 30.5 Å². The summed E-state index contributed by atoms with van der Waals surface area (Å²) in [7, 11) is -1.73. The molecule has 0 unspecified atom stereocenters. The van der Waals surface area contributed by atoms with Crippen molar-refractivity contribution in [3.63, 3.8) is 0 Å². The van der Waals surface area contributed by atoms with E-state index in [1.165, 1.54) is 6.07 Å². The number of hydrogen-bond acceptors (Lipinski definition) is 2. The van der Waals surface area contributed by atoms with E-state index in [-0.39, 0.29) is 16.5 Å². The molecule has 2 aromatic rings. The third kappa shape index (κ3) is 3.60. The number of sulfonamides is 1. The highest BCUT2D eigenvalue weighted by Gasteiger charge is 2.17. The lowest BCUT2D eigenvalue weighted by molar-refractivity contribution is 0.581. The molecule has 1 heterocycles. The van der Waals surface area contributed by atoms with Gasteiger partial charge in [0.15, 0.2) is 0 Å². The highest BCUT2D eigenvalue weighted by atomic mass is 79.9. The second kappa shape index (κ2) is 5.66. The smallest absolute Gasteiger partial charge is 0.242 e. The third-order valence-corrected chi connectivity index (χ3v) is 4.92. The van der Waals surface area contributed by atoms with Crippen LogP contribution in [-0.4, -0.2) is 13.0 Å². The van der Waals surface area contributed by atoms with E-state index in [1.54, 1.807) is 12.1 Å². The van der Waals surface area contributed by atoms with Crippen molar-refractivity contribution < 1.29 is 8.42 Å². The molecular formula is C12H12BrClN2O2S. The Hall–Kier alpha value is -0.820. The summed E-state index contributed by atoms with van der Waals surface area (Å²) in [6.45, 7) is 0.232. The van der Waals surface area contributed by atoms with Crippen LogP contribution < -0.4 is 4.72 Å². The molecule has 0 radical (unpaired) electrons.